The van der Waals surface area contributed by atoms with Crippen molar-refractivity contribution in [2.24, 2.45) is 0 Å². The summed E-state index contributed by atoms with van der Waals surface area (Å²) in [6.07, 6.45) is -3.46. The number of amides is 2. The first-order valence-corrected chi connectivity index (χ1v) is 9.01. The number of ether oxygens (including phenoxy) is 1. The number of aryl methyl sites for hydroxylation is 1. The third-order valence-electron chi connectivity index (χ3n) is 3.92. The molecule has 0 saturated heterocycles. The van der Waals surface area contributed by atoms with E-state index in [-0.39, 0.29) is 11.4 Å². The lowest BCUT2D eigenvalue weighted by molar-refractivity contribution is -0.274. The lowest BCUT2D eigenvalue weighted by Crippen LogP contribution is -2.30. The highest BCUT2D eigenvalue weighted by Crippen LogP contribution is 2.24. The Kier molecular flexibility index (Phi) is 6.44. The van der Waals surface area contributed by atoms with Crippen LogP contribution in [-0.2, 0) is 4.79 Å². The molecule has 2 amide bonds. The maximum Gasteiger partial charge on any atom is 0.573 e. The molecular formula is C22H17F3N2O4. The zero-order chi connectivity index (χ0) is 22.4. The highest BCUT2D eigenvalue weighted by Gasteiger charge is 2.31. The molecule has 0 atom stereocenters. The second-order valence-electron chi connectivity index (χ2n) is 6.35. The van der Waals surface area contributed by atoms with Crippen LogP contribution in [0.2, 0.25) is 0 Å². The van der Waals surface area contributed by atoms with Gasteiger partial charge in [-0.2, -0.15) is 0 Å². The summed E-state index contributed by atoms with van der Waals surface area (Å²) in [4.78, 5) is 25.3. The maximum atomic E-state index is 12.8. The van der Waals surface area contributed by atoms with E-state index >= 15 is 0 Å². The predicted octanol–water partition coefficient (Wildman–Crippen LogP) is 4.90. The van der Waals surface area contributed by atoms with Gasteiger partial charge in [0.05, 0.1) is 0 Å². The molecule has 6 nitrogen and oxygen atoms in total. The average molecular weight is 430 g/mol. The van der Waals surface area contributed by atoms with Crippen molar-refractivity contribution in [3.05, 3.63) is 89.5 Å². The van der Waals surface area contributed by atoms with Crippen LogP contribution in [0.5, 0.6) is 5.75 Å². The molecule has 3 rings (SSSR count). The minimum atomic E-state index is -4.82. The summed E-state index contributed by atoms with van der Waals surface area (Å²) in [7, 11) is 0. The molecule has 3 aromatic rings. The van der Waals surface area contributed by atoms with E-state index in [0.717, 1.165) is 12.1 Å². The van der Waals surface area contributed by atoms with Gasteiger partial charge >= 0.3 is 6.36 Å². The molecule has 0 aliphatic heterocycles. The fraction of sp³-hybridized carbons (Fsp3) is 0.0909. The number of furan rings is 1. The lowest BCUT2D eigenvalue weighted by Gasteiger charge is -2.12. The maximum absolute atomic E-state index is 12.8. The fourth-order valence-electron chi connectivity index (χ4n) is 2.55. The van der Waals surface area contributed by atoms with Crippen molar-refractivity contribution >= 4 is 23.6 Å². The van der Waals surface area contributed by atoms with Crippen molar-refractivity contribution in [2.45, 2.75) is 13.3 Å². The van der Waals surface area contributed by atoms with Crippen molar-refractivity contribution in [3.63, 3.8) is 0 Å². The normalized spacial score (nSPS) is 11.7. The van der Waals surface area contributed by atoms with E-state index < -0.39 is 23.9 Å². The largest absolute Gasteiger partial charge is 0.573 e. The summed E-state index contributed by atoms with van der Waals surface area (Å²) in [5, 5.41) is 5.05. The summed E-state index contributed by atoms with van der Waals surface area (Å²) in [6.45, 7) is 1.73. The van der Waals surface area contributed by atoms with Crippen molar-refractivity contribution in [1.82, 2.24) is 5.32 Å². The molecule has 0 bridgehead atoms. The Morgan fingerprint density at radius 2 is 1.65 bits per heavy atom. The van der Waals surface area contributed by atoms with Gasteiger partial charge in [0.15, 0.2) is 0 Å². The molecule has 0 spiro atoms. The Labute approximate surface area is 175 Å². The lowest BCUT2D eigenvalue weighted by atomic mass is 10.2. The number of carbonyl (C=O) groups is 2. The molecular weight excluding hydrogens is 413 g/mol. The van der Waals surface area contributed by atoms with Gasteiger partial charge in [-0.3, -0.25) is 9.59 Å². The first-order valence-electron chi connectivity index (χ1n) is 9.01. The number of halogens is 3. The first kappa shape index (κ1) is 21.7. The minimum absolute atomic E-state index is 0.112. The number of nitrogens with one attached hydrogen (secondary N) is 2. The van der Waals surface area contributed by atoms with Crippen LogP contribution < -0.4 is 15.4 Å². The SMILES string of the molecule is Cc1ccc(C=C(NC(=O)c2ccccc2)C(=O)Nc2ccc(OC(F)(F)F)cc2)o1. The van der Waals surface area contributed by atoms with Gasteiger partial charge in [0.2, 0.25) is 0 Å². The van der Waals surface area contributed by atoms with E-state index in [1.807, 2.05) is 0 Å². The summed E-state index contributed by atoms with van der Waals surface area (Å²) < 4.78 is 46.1. The molecule has 160 valence electrons. The number of alkyl halides is 3. The van der Waals surface area contributed by atoms with Gasteiger partial charge in [0.1, 0.15) is 23.0 Å². The van der Waals surface area contributed by atoms with Crippen molar-refractivity contribution in [2.75, 3.05) is 5.32 Å². The van der Waals surface area contributed by atoms with E-state index in [1.165, 1.54) is 18.2 Å². The van der Waals surface area contributed by atoms with Gasteiger partial charge < -0.3 is 19.8 Å². The smallest absolute Gasteiger partial charge is 0.462 e. The zero-order valence-corrected chi connectivity index (χ0v) is 16.2. The van der Waals surface area contributed by atoms with Crippen LogP contribution in [0.25, 0.3) is 6.08 Å². The van der Waals surface area contributed by atoms with Crippen LogP contribution in [0.1, 0.15) is 21.9 Å². The van der Waals surface area contributed by atoms with E-state index in [9.17, 15) is 22.8 Å². The van der Waals surface area contributed by atoms with E-state index in [4.69, 9.17) is 4.42 Å². The van der Waals surface area contributed by atoms with E-state index in [0.29, 0.717) is 17.1 Å². The van der Waals surface area contributed by atoms with Crippen LogP contribution in [-0.4, -0.2) is 18.2 Å². The highest BCUT2D eigenvalue weighted by molar-refractivity contribution is 6.10. The first-order chi connectivity index (χ1) is 14.7. The molecule has 1 heterocycles. The summed E-state index contributed by atoms with van der Waals surface area (Å²) in [6, 6.07) is 16.2. The van der Waals surface area contributed by atoms with Crippen LogP contribution in [0.4, 0.5) is 18.9 Å². The zero-order valence-electron chi connectivity index (χ0n) is 16.2. The van der Waals surface area contributed by atoms with Crippen LogP contribution in [0, 0.1) is 6.92 Å². The molecule has 0 radical (unpaired) electrons. The van der Waals surface area contributed by atoms with E-state index in [2.05, 4.69) is 15.4 Å². The molecule has 2 N–H and O–H groups in total. The molecule has 0 fully saturated rings. The molecule has 2 aromatic carbocycles. The van der Waals surface area contributed by atoms with Gasteiger partial charge in [-0.05, 0) is 55.5 Å². The van der Waals surface area contributed by atoms with Crippen LogP contribution in [0.15, 0.2) is 76.8 Å². The molecule has 1 aromatic heterocycles. The Balaban J connectivity index is 1.79. The average Bonchev–Trinajstić information content (AvgIpc) is 3.13. The number of rotatable bonds is 6. The molecule has 0 aliphatic carbocycles. The summed E-state index contributed by atoms with van der Waals surface area (Å²) in [5.41, 5.74) is 0.430. The number of hydrogen-bond acceptors (Lipinski definition) is 4. The Morgan fingerprint density at radius 3 is 2.23 bits per heavy atom. The summed E-state index contributed by atoms with van der Waals surface area (Å²) in [5.74, 6) is -0.683. The molecule has 0 saturated carbocycles. The number of benzene rings is 2. The van der Waals surface area contributed by atoms with Crippen LogP contribution >= 0.6 is 0 Å². The van der Waals surface area contributed by atoms with Gasteiger partial charge in [-0.1, -0.05) is 18.2 Å². The third-order valence-corrected chi connectivity index (χ3v) is 3.92. The Hall–Kier alpha value is -4.01. The minimum Gasteiger partial charge on any atom is -0.462 e. The Morgan fingerprint density at radius 1 is 0.968 bits per heavy atom. The van der Waals surface area contributed by atoms with Gasteiger partial charge in [-0.25, -0.2) is 0 Å². The molecule has 0 aliphatic rings. The Bertz CT molecular complexity index is 1090. The third kappa shape index (κ3) is 6.49. The topological polar surface area (TPSA) is 80.6 Å². The van der Waals surface area contributed by atoms with Crippen LogP contribution in [0.3, 0.4) is 0 Å². The quantitative estimate of drug-likeness (QED) is 0.546. The van der Waals surface area contributed by atoms with Gasteiger partial charge in [0.25, 0.3) is 11.8 Å². The number of carbonyl (C=O) groups excluding carboxylic acids is 2. The molecule has 9 heteroatoms. The van der Waals surface area contributed by atoms with Gasteiger partial charge in [0, 0.05) is 17.3 Å². The number of hydrogen-bond donors (Lipinski definition) is 2. The van der Waals surface area contributed by atoms with Gasteiger partial charge in [-0.15, -0.1) is 13.2 Å². The fourth-order valence-corrected chi connectivity index (χ4v) is 2.55. The monoisotopic (exact) mass is 430 g/mol. The van der Waals surface area contributed by atoms with Crippen molar-refractivity contribution in [1.29, 1.82) is 0 Å². The number of anilines is 1. The second-order valence-corrected chi connectivity index (χ2v) is 6.35. The molecule has 31 heavy (non-hydrogen) atoms. The van der Waals surface area contributed by atoms with Crippen molar-refractivity contribution in [3.8, 4) is 5.75 Å². The van der Waals surface area contributed by atoms with Crippen molar-refractivity contribution < 1.29 is 31.9 Å². The molecule has 0 unspecified atom stereocenters. The second kappa shape index (κ2) is 9.21. The highest BCUT2D eigenvalue weighted by atomic mass is 19.4. The predicted molar refractivity (Wildman–Crippen MR) is 107 cm³/mol. The summed E-state index contributed by atoms with van der Waals surface area (Å²) >= 11 is 0. The standard InChI is InChI=1S/C22H17F3N2O4/c1-14-7-10-18(30-14)13-19(27-20(28)15-5-3-2-4-6-15)21(29)26-16-8-11-17(12-9-16)31-22(23,24)25/h2-13H,1H3,(H,26,29)(H,27,28). The van der Waals surface area contributed by atoms with E-state index in [1.54, 1.807) is 49.4 Å².